The average molecular weight is 251 g/mol. The smallest absolute Gasteiger partial charge is 0.326 e. The number of carboxylic acid groups (broad SMARTS) is 1. The van der Waals surface area contributed by atoms with Crippen molar-refractivity contribution in [1.82, 2.24) is 4.90 Å². The highest BCUT2D eigenvalue weighted by Gasteiger charge is 2.39. The molecule has 1 aromatic rings. The van der Waals surface area contributed by atoms with E-state index in [1.54, 1.807) is 0 Å². The van der Waals surface area contributed by atoms with Gasteiger partial charge in [-0.1, -0.05) is 0 Å². The van der Waals surface area contributed by atoms with Crippen LogP contribution in [0.15, 0.2) is 24.3 Å². The van der Waals surface area contributed by atoms with E-state index < -0.39 is 24.0 Å². The van der Waals surface area contributed by atoms with Gasteiger partial charge in [0.05, 0.1) is 6.10 Å². The van der Waals surface area contributed by atoms with Crippen LogP contribution in [0.25, 0.3) is 0 Å². The summed E-state index contributed by atoms with van der Waals surface area (Å²) in [4.78, 5) is 24.2. The fourth-order valence-electron chi connectivity index (χ4n) is 2.04. The van der Waals surface area contributed by atoms with Gasteiger partial charge in [0.25, 0.3) is 5.91 Å². The summed E-state index contributed by atoms with van der Waals surface area (Å²) in [6.45, 7) is 0.0106. The van der Waals surface area contributed by atoms with Gasteiger partial charge >= 0.3 is 5.97 Å². The molecule has 1 saturated heterocycles. The zero-order chi connectivity index (χ0) is 13.3. The van der Waals surface area contributed by atoms with Crippen LogP contribution < -0.4 is 0 Å². The Balaban J connectivity index is 2.22. The van der Waals surface area contributed by atoms with Crippen LogP contribution in [0.3, 0.4) is 0 Å². The van der Waals surface area contributed by atoms with Crippen LogP contribution in [-0.4, -0.2) is 50.8 Å². The van der Waals surface area contributed by atoms with Crippen LogP contribution in [0, 0.1) is 0 Å². The van der Waals surface area contributed by atoms with Gasteiger partial charge in [-0.2, -0.15) is 0 Å². The molecular formula is C12H13NO5. The van der Waals surface area contributed by atoms with Crippen molar-refractivity contribution >= 4 is 11.9 Å². The molecule has 0 saturated carbocycles. The number of aliphatic hydroxyl groups is 1. The number of nitrogens with zero attached hydrogens (tertiary/aromatic N) is 1. The molecule has 1 heterocycles. The summed E-state index contributed by atoms with van der Waals surface area (Å²) >= 11 is 0. The maximum Gasteiger partial charge on any atom is 0.326 e. The summed E-state index contributed by atoms with van der Waals surface area (Å²) < 4.78 is 0. The molecule has 1 aromatic carbocycles. The number of likely N-dealkylation sites (tertiary alicyclic amines) is 1. The number of carbonyl (C=O) groups excluding carboxylic acids is 1. The number of rotatable bonds is 2. The molecule has 0 bridgehead atoms. The van der Waals surface area contributed by atoms with E-state index >= 15 is 0 Å². The standard InChI is InChI=1S/C12H13NO5/c14-8-3-1-7(2-4-8)11(16)13-6-9(15)5-10(13)12(17)18/h1-4,9-10,14-15H,5-6H2,(H,17,18)/t9-,10-/m1/s1. The zero-order valence-corrected chi connectivity index (χ0v) is 9.48. The first-order chi connectivity index (χ1) is 8.49. The Labute approximate surface area is 103 Å². The largest absolute Gasteiger partial charge is 0.508 e. The highest BCUT2D eigenvalue weighted by molar-refractivity contribution is 5.97. The van der Waals surface area contributed by atoms with Crippen molar-refractivity contribution in [2.45, 2.75) is 18.6 Å². The summed E-state index contributed by atoms with van der Waals surface area (Å²) in [6.07, 6.45) is -0.772. The van der Waals surface area contributed by atoms with Gasteiger partial charge in [0.1, 0.15) is 11.8 Å². The Kier molecular flexibility index (Phi) is 3.20. The highest BCUT2D eigenvalue weighted by Crippen LogP contribution is 2.21. The summed E-state index contributed by atoms with van der Waals surface area (Å²) in [5.41, 5.74) is 0.285. The van der Waals surface area contributed by atoms with Crippen molar-refractivity contribution < 1.29 is 24.9 Å². The number of carboxylic acids is 1. The average Bonchev–Trinajstić information content (AvgIpc) is 2.71. The summed E-state index contributed by atoms with van der Waals surface area (Å²) in [5.74, 6) is -1.56. The third-order valence-electron chi connectivity index (χ3n) is 2.94. The van der Waals surface area contributed by atoms with Crippen molar-refractivity contribution in [3.8, 4) is 5.75 Å². The minimum absolute atomic E-state index is 0.0106. The predicted molar refractivity (Wildman–Crippen MR) is 61.2 cm³/mol. The molecule has 1 aliphatic rings. The van der Waals surface area contributed by atoms with Gasteiger partial charge in [0.15, 0.2) is 0 Å². The van der Waals surface area contributed by atoms with Crippen molar-refractivity contribution in [2.75, 3.05) is 6.54 Å². The van der Waals surface area contributed by atoms with Crippen molar-refractivity contribution in [1.29, 1.82) is 0 Å². The van der Waals surface area contributed by atoms with E-state index in [0.29, 0.717) is 0 Å². The lowest BCUT2D eigenvalue weighted by molar-refractivity contribution is -0.141. The zero-order valence-electron chi connectivity index (χ0n) is 9.48. The Morgan fingerprint density at radius 2 is 1.83 bits per heavy atom. The fourth-order valence-corrected chi connectivity index (χ4v) is 2.04. The molecule has 18 heavy (non-hydrogen) atoms. The highest BCUT2D eigenvalue weighted by atomic mass is 16.4. The van der Waals surface area contributed by atoms with Crippen LogP contribution >= 0.6 is 0 Å². The SMILES string of the molecule is O=C(O)[C@H]1C[C@@H](O)CN1C(=O)c1ccc(O)cc1. The number of phenolic OH excluding ortho intramolecular Hbond substituents is 1. The van der Waals surface area contributed by atoms with Gasteiger partial charge in [0, 0.05) is 18.5 Å². The monoisotopic (exact) mass is 251 g/mol. The topological polar surface area (TPSA) is 98.1 Å². The molecule has 1 fully saturated rings. The summed E-state index contributed by atoms with van der Waals surface area (Å²) in [5, 5.41) is 27.6. The minimum atomic E-state index is -1.13. The lowest BCUT2D eigenvalue weighted by Gasteiger charge is -2.21. The molecular weight excluding hydrogens is 238 g/mol. The maximum atomic E-state index is 12.1. The van der Waals surface area contributed by atoms with E-state index in [2.05, 4.69) is 0 Å². The number of phenols is 1. The van der Waals surface area contributed by atoms with Crippen molar-refractivity contribution in [3.63, 3.8) is 0 Å². The number of benzene rings is 1. The number of β-amino-alcohol motifs (C(OH)–C–C–N with tert-alkyl or cyclic N) is 1. The van der Waals surface area contributed by atoms with Crippen molar-refractivity contribution in [3.05, 3.63) is 29.8 Å². The molecule has 96 valence electrons. The van der Waals surface area contributed by atoms with Crippen LogP contribution in [0.1, 0.15) is 16.8 Å². The van der Waals surface area contributed by atoms with Gasteiger partial charge in [-0.25, -0.2) is 4.79 Å². The van der Waals surface area contributed by atoms with E-state index in [1.165, 1.54) is 24.3 Å². The lowest BCUT2D eigenvalue weighted by Crippen LogP contribution is -2.40. The molecule has 0 radical (unpaired) electrons. The molecule has 6 nitrogen and oxygen atoms in total. The third-order valence-corrected chi connectivity index (χ3v) is 2.94. The fraction of sp³-hybridized carbons (Fsp3) is 0.333. The van der Waals surface area contributed by atoms with Gasteiger partial charge in [-0.3, -0.25) is 4.79 Å². The number of carbonyl (C=O) groups is 2. The van der Waals surface area contributed by atoms with Gasteiger partial charge in [-0.05, 0) is 24.3 Å². The Morgan fingerprint density at radius 1 is 1.22 bits per heavy atom. The van der Waals surface area contributed by atoms with Crippen LogP contribution in [-0.2, 0) is 4.79 Å². The number of aliphatic carboxylic acids is 1. The van der Waals surface area contributed by atoms with Gasteiger partial charge in [-0.15, -0.1) is 0 Å². The van der Waals surface area contributed by atoms with E-state index in [1.807, 2.05) is 0 Å². The first-order valence-corrected chi connectivity index (χ1v) is 5.50. The molecule has 3 N–H and O–H groups in total. The molecule has 0 aliphatic carbocycles. The van der Waals surface area contributed by atoms with E-state index in [4.69, 9.17) is 10.2 Å². The lowest BCUT2D eigenvalue weighted by atomic mass is 10.1. The molecule has 2 atom stereocenters. The molecule has 2 rings (SSSR count). The number of aromatic hydroxyl groups is 1. The predicted octanol–water partition coefficient (Wildman–Crippen LogP) is 0.0522. The molecule has 0 aromatic heterocycles. The molecule has 0 spiro atoms. The molecule has 1 amide bonds. The van der Waals surface area contributed by atoms with Gasteiger partial charge < -0.3 is 20.2 Å². The number of hydrogen-bond donors (Lipinski definition) is 3. The molecule has 6 heteroatoms. The first-order valence-electron chi connectivity index (χ1n) is 5.50. The second kappa shape index (κ2) is 4.66. The first kappa shape index (κ1) is 12.4. The molecule has 0 unspecified atom stereocenters. The Hall–Kier alpha value is -2.08. The van der Waals surface area contributed by atoms with E-state index in [-0.39, 0.29) is 24.3 Å². The number of hydrogen-bond acceptors (Lipinski definition) is 4. The Morgan fingerprint density at radius 3 is 2.39 bits per heavy atom. The second-order valence-corrected chi connectivity index (χ2v) is 4.25. The van der Waals surface area contributed by atoms with E-state index in [0.717, 1.165) is 4.90 Å². The van der Waals surface area contributed by atoms with Crippen LogP contribution in [0.4, 0.5) is 0 Å². The molecule has 1 aliphatic heterocycles. The van der Waals surface area contributed by atoms with Gasteiger partial charge in [0.2, 0.25) is 0 Å². The van der Waals surface area contributed by atoms with E-state index in [9.17, 15) is 14.7 Å². The quantitative estimate of drug-likeness (QED) is 0.690. The third kappa shape index (κ3) is 2.28. The number of amides is 1. The minimum Gasteiger partial charge on any atom is -0.508 e. The van der Waals surface area contributed by atoms with Crippen LogP contribution in [0.5, 0.6) is 5.75 Å². The number of aliphatic hydroxyl groups excluding tert-OH is 1. The Bertz CT molecular complexity index is 470. The second-order valence-electron chi connectivity index (χ2n) is 4.25. The van der Waals surface area contributed by atoms with Crippen molar-refractivity contribution in [2.24, 2.45) is 0 Å². The van der Waals surface area contributed by atoms with Crippen LogP contribution in [0.2, 0.25) is 0 Å². The normalized spacial score (nSPS) is 23.1. The maximum absolute atomic E-state index is 12.1. The summed E-state index contributed by atoms with van der Waals surface area (Å²) in [6, 6.07) is 4.55. The summed E-state index contributed by atoms with van der Waals surface area (Å²) in [7, 11) is 0.